The number of aromatic amines is 1. The summed E-state index contributed by atoms with van der Waals surface area (Å²) in [5.74, 6) is -0.227. The molecule has 0 saturated carbocycles. The maximum Gasteiger partial charge on any atom is 0.268 e. The number of H-pyrrole nitrogens is 1. The third-order valence-electron chi connectivity index (χ3n) is 4.13. The van der Waals surface area contributed by atoms with Crippen molar-refractivity contribution in [1.29, 1.82) is 0 Å². The van der Waals surface area contributed by atoms with E-state index in [9.17, 15) is 9.90 Å². The first-order valence-corrected chi connectivity index (χ1v) is 8.19. The Morgan fingerprint density at radius 3 is 2.71 bits per heavy atom. The molecule has 1 aromatic heterocycles. The number of aliphatic hydroxyl groups is 1. The largest absolute Gasteiger partial charge is 0.394 e. The standard InChI is InChI=1S/C19H19ClN2O2/c1-12-16-10-14(20)7-8-17(16)22-18(12)19(24)21-15(11-23)9-13-5-3-2-4-6-13/h2-8,10,15,22-23H,9,11H2,1H3,(H,21,24). The van der Waals surface area contributed by atoms with Crippen molar-refractivity contribution in [2.75, 3.05) is 6.61 Å². The van der Waals surface area contributed by atoms with Crippen LogP contribution in [0.5, 0.6) is 0 Å². The van der Waals surface area contributed by atoms with Crippen LogP contribution in [0.4, 0.5) is 0 Å². The van der Waals surface area contributed by atoms with Gasteiger partial charge >= 0.3 is 0 Å². The normalized spacial score (nSPS) is 12.3. The van der Waals surface area contributed by atoms with Gasteiger partial charge in [0.15, 0.2) is 0 Å². The Hall–Kier alpha value is -2.30. The average Bonchev–Trinajstić information content (AvgIpc) is 2.92. The lowest BCUT2D eigenvalue weighted by Gasteiger charge is -2.16. The Labute approximate surface area is 145 Å². The third kappa shape index (κ3) is 3.45. The van der Waals surface area contributed by atoms with Gasteiger partial charge in [-0.05, 0) is 42.7 Å². The number of aromatic nitrogens is 1. The highest BCUT2D eigenvalue weighted by molar-refractivity contribution is 6.31. The molecule has 0 aliphatic rings. The van der Waals surface area contributed by atoms with Crippen LogP contribution in [0.2, 0.25) is 5.02 Å². The van der Waals surface area contributed by atoms with Gasteiger partial charge in [-0.15, -0.1) is 0 Å². The molecule has 24 heavy (non-hydrogen) atoms. The first-order valence-electron chi connectivity index (χ1n) is 7.82. The van der Waals surface area contributed by atoms with E-state index in [-0.39, 0.29) is 18.6 Å². The summed E-state index contributed by atoms with van der Waals surface area (Å²) in [7, 11) is 0. The van der Waals surface area contributed by atoms with Gasteiger partial charge in [0.05, 0.1) is 12.6 Å². The minimum absolute atomic E-state index is 0.119. The van der Waals surface area contributed by atoms with Crippen molar-refractivity contribution < 1.29 is 9.90 Å². The molecule has 1 heterocycles. The predicted octanol–water partition coefficient (Wildman–Crippen LogP) is 3.46. The van der Waals surface area contributed by atoms with Crippen molar-refractivity contribution in [3.8, 4) is 0 Å². The molecule has 0 spiro atoms. The molecule has 1 amide bonds. The van der Waals surface area contributed by atoms with Gasteiger partial charge in [-0.1, -0.05) is 41.9 Å². The smallest absolute Gasteiger partial charge is 0.268 e. The second kappa shape index (κ2) is 7.07. The van der Waals surface area contributed by atoms with Crippen LogP contribution in [0.1, 0.15) is 21.6 Å². The van der Waals surface area contributed by atoms with E-state index in [4.69, 9.17) is 11.6 Å². The van der Waals surface area contributed by atoms with Crippen LogP contribution in [0.15, 0.2) is 48.5 Å². The van der Waals surface area contributed by atoms with E-state index < -0.39 is 0 Å². The summed E-state index contributed by atoms with van der Waals surface area (Å²) in [4.78, 5) is 15.7. The van der Waals surface area contributed by atoms with Gasteiger partial charge in [0.2, 0.25) is 0 Å². The van der Waals surface area contributed by atoms with Gasteiger partial charge in [0, 0.05) is 15.9 Å². The molecule has 0 bridgehead atoms. The van der Waals surface area contributed by atoms with Crippen molar-refractivity contribution in [2.45, 2.75) is 19.4 Å². The summed E-state index contributed by atoms with van der Waals surface area (Å²) in [5, 5.41) is 14.0. The molecule has 1 atom stereocenters. The number of nitrogens with one attached hydrogen (secondary N) is 2. The Morgan fingerprint density at radius 1 is 1.25 bits per heavy atom. The molecule has 0 aliphatic carbocycles. The van der Waals surface area contributed by atoms with E-state index in [1.54, 1.807) is 6.07 Å². The van der Waals surface area contributed by atoms with Crippen molar-refractivity contribution in [2.24, 2.45) is 0 Å². The van der Waals surface area contributed by atoms with Gasteiger partial charge in [-0.2, -0.15) is 0 Å². The second-order valence-electron chi connectivity index (χ2n) is 5.86. The fourth-order valence-electron chi connectivity index (χ4n) is 2.84. The van der Waals surface area contributed by atoms with Crippen molar-refractivity contribution in [3.05, 3.63) is 70.4 Å². The van der Waals surface area contributed by atoms with Crippen molar-refractivity contribution in [3.63, 3.8) is 0 Å². The summed E-state index contributed by atoms with van der Waals surface area (Å²) in [6.07, 6.45) is 0.578. The molecule has 5 heteroatoms. The summed E-state index contributed by atoms with van der Waals surface area (Å²) in [6.45, 7) is 1.76. The summed E-state index contributed by atoms with van der Waals surface area (Å²) < 4.78 is 0. The quantitative estimate of drug-likeness (QED) is 0.664. The predicted molar refractivity (Wildman–Crippen MR) is 96.5 cm³/mol. The van der Waals surface area contributed by atoms with Crippen LogP contribution in [-0.4, -0.2) is 28.6 Å². The molecule has 3 aromatic rings. The first-order chi connectivity index (χ1) is 11.6. The minimum atomic E-state index is -0.339. The number of fused-ring (bicyclic) bond motifs is 1. The number of amides is 1. The number of aliphatic hydroxyl groups excluding tert-OH is 1. The van der Waals surface area contributed by atoms with Gasteiger partial charge in [0.25, 0.3) is 5.91 Å². The van der Waals surface area contributed by atoms with E-state index in [0.29, 0.717) is 17.1 Å². The molecule has 1 unspecified atom stereocenters. The summed E-state index contributed by atoms with van der Waals surface area (Å²) >= 11 is 6.03. The lowest BCUT2D eigenvalue weighted by Crippen LogP contribution is -2.39. The molecule has 124 valence electrons. The van der Waals surface area contributed by atoms with E-state index in [1.165, 1.54) is 0 Å². The Balaban J connectivity index is 1.79. The van der Waals surface area contributed by atoms with Gasteiger partial charge in [0.1, 0.15) is 5.69 Å². The highest BCUT2D eigenvalue weighted by Gasteiger charge is 2.18. The lowest BCUT2D eigenvalue weighted by atomic mass is 10.1. The Bertz CT molecular complexity index is 858. The van der Waals surface area contributed by atoms with E-state index in [1.807, 2.05) is 49.4 Å². The zero-order valence-electron chi connectivity index (χ0n) is 13.3. The number of hydrogen-bond donors (Lipinski definition) is 3. The number of benzene rings is 2. The number of halogens is 1. The van der Waals surface area contributed by atoms with E-state index in [0.717, 1.165) is 22.0 Å². The molecule has 4 nitrogen and oxygen atoms in total. The fourth-order valence-corrected chi connectivity index (χ4v) is 3.02. The highest BCUT2D eigenvalue weighted by Crippen LogP contribution is 2.25. The molecule has 0 aliphatic heterocycles. The molecular formula is C19H19ClN2O2. The van der Waals surface area contributed by atoms with Crippen LogP contribution in [0.3, 0.4) is 0 Å². The monoisotopic (exact) mass is 342 g/mol. The van der Waals surface area contributed by atoms with Crippen LogP contribution < -0.4 is 5.32 Å². The third-order valence-corrected chi connectivity index (χ3v) is 4.36. The molecular weight excluding hydrogens is 324 g/mol. The van der Waals surface area contributed by atoms with Gasteiger partial charge in [-0.3, -0.25) is 4.79 Å². The Morgan fingerprint density at radius 2 is 2.00 bits per heavy atom. The molecule has 0 radical (unpaired) electrons. The van der Waals surface area contributed by atoms with Crippen LogP contribution in [-0.2, 0) is 6.42 Å². The molecule has 3 N–H and O–H groups in total. The molecule has 0 saturated heterocycles. The molecule has 0 fully saturated rings. The van der Waals surface area contributed by atoms with E-state index >= 15 is 0 Å². The number of aryl methyl sites for hydroxylation is 1. The van der Waals surface area contributed by atoms with Crippen LogP contribution in [0, 0.1) is 6.92 Å². The molecule has 2 aromatic carbocycles. The van der Waals surface area contributed by atoms with Crippen LogP contribution in [0.25, 0.3) is 10.9 Å². The summed E-state index contributed by atoms with van der Waals surface area (Å²) in [6, 6.07) is 14.9. The highest BCUT2D eigenvalue weighted by atomic mass is 35.5. The number of carbonyl (C=O) groups is 1. The number of carbonyl (C=O) groups excluding carboxylic acids is 1. The minimum Gasteiger partial charge on any atom is -0.394 e. The zero-order chi connectivity index (χ0) is 17.1. The maximum atomic E-state index is 12.6. The van der Waals surface area contributed by atoms with Crippen LogP contribution >= 0.6 is 11.6 Å². The van der Waals surface area contributed by atoms with Gasteiger partial charge in [-0.25, -0.2) is 0 Å². The SMILES string of the molecule is Cc1c(C(=O)NC(CO)Cc2ccccc2)[nH]c2ccc(Cl)cc12. The Kier molecular flexibility index (Phi) is 4.88. The lowest BCUT2D eigenvalue weighted by molar-refractivity contribution is 0.0911. The maximum absolute atomic E-state index is 12.6. The average molecular weight is 343 g/mol. The number of hydrogen-bond acceptors (Lipinski definition) is 2. The topological polar surface area (TPSA) is 65.1 Å². The van der Waals surface area contributed by atoms with Crippen molar-refractivity contribution in [1.82, 2.24) is 10.3 Å². The fraction of sp³-hybridized carbons (Fsp3) is 0.211. The first kappa shape index (κ1) is 16.6. The van der Waals surface area contributed by atoms with Gasteiger partial charge < -0.3 is 15.4 Å². The van der Waals surface area contributed by atoms with E-state index in [2.05, 4.69) is 10.3 Å². The molecule has 3 rings (SSSR count). The second-order valence-corrected chi connectivity index (χ2v) is 6.29. The number of rotatable bonds is 5. The zero-order valence-corrected chi connectivity index (χ0v) is 14.1. The summed E-state index contributed by atoms with van der Waals surface area (Å²) in [5.41, 5.74) is 3.28. The van der Waals surface area contributed by atoms with Crippen molar-refractivity contribution >= 4 is 28.4 Å².